The maximum absolute atomic E-state index is 12.4. The zero-order valence-electron chi connectivity index (χ0n) is 7.78. The minimum absolute atomic E-state index is 0.458. The second-order valence-electron chi connectivity index (χ2n) is 3.36. The number of ether oxygens (including phenoxy) is 2. The SMILES string of the molecule is Fc1ccc(OCC2CCOC2)cn1. The Balaban J connectivity index is 1.82. The van der Waals surface area contributed by atoms with Gasteiger partial charge in [-0.2, -0.15) is 4.39 Å². The molecule has 0 radical (unpaired) electrons. The first-order valence-corrected chi connectivity index (χ1v) is 4.67. The third-order valence-corrected chi connectivity index (χ3v) is 2.21. The second kappa shape index (κ2) is 4.37. The zero-order chi connectivity index (χ0) is 9.80. The summed E-state index contributed by atoms with van der Waals surface area (Å²) in [5.74, 6) is 0.583. The van der Waals surface area contributed by atoms with Crippen molar-refractivity contribution >= 4 is 0 Å². The monoisotopic (exact) mass is 197 g/mol. The van der Waals surface area contributed by atoms with Crippen LogP contribution >= 0.6 is 0 Å². The Morgan fingerprint density at radius 2 is 2.50 bits per heavy atom. The van der Waals surface area contributed by atoms with E-state index in [1.807, 2.05) is 0 Å². The molecule has 14 heavy (non-hydrogen) atoms. The fourth-order valence-electron chi connectivity index (χ4n) is 1.38. The first kappa shape index (κ1) is 9.40. The molecule has 0 spiro atoms. The minimum Gasteiger partial charge on any atom is -0.492 e. The second-order valence-corrected chi connectivity index (χ2v) is 3.36. The van der Waals surface area contributed by atoms with E-state index in [2.05, 4.69) is 4.98 Å². The number of halogens is 1. The predicted octanol–water partition coefficient (Wildman–Crippen LogP) is 1.64. The van der Waals surface area contributed by atoms with Gasteiger partial charge in [0.1, 0.15) is 5.75 Å². The van der Waals surface area contributed by atoms with Crippen LogP contribution in [0.15, 0.2) is 18.3 Å². The Morgan fingerprint density at radius 3 is 3.14 bits per heavy atom. The molecule has 0 amide bonds. The predicted molar refractivity (Wildman–Crippen MR) is 48.6 cm³/mol. The van der Waals surface area contributed by atoms with Crippen molar-refractivity contribution in [3.8, 4) is 5.75 Å². The van der Waals surface area contributed by atoms with Crippen LogP contribution in [0, 0.1) is 11.9 Å². The average Bonchev–Trinajstić information content (AvgIpc) is 2.70. The van der Waals surface area contributed by atoms with Gasteiger partial charge in [0.05, 0.1) is 19.4 Å². The van der Waals surface area contributed by atoms with E-state index in [1.54, 1.807) is 6.07 Å². The molecule has 1 atom stereocenters. The molecule has 4 heteroatoms. The van der Waals surface area contributed by atoms with Crippen LogP contribution in [0.4, 0.5) is 4.39 Å². The van der Waals surface area contributed by atoms with Crippen molar-refractivity contribution in [3.05, 3.63) is 24.3 Å². The van der Waals surface area contributed by atoms with Gasteiger partial charge >= 0.3 is 0 Å². The lowest BCUT2D eigenvalue weighted by Crippen LogP contribution is -2.11. The molecule has 3 nitrogen and oxygen atoms in total. The first-order valence-electron chi connectivity index (χ1n) is 4.67. The number of hydrogen-bond donors (Lipinski definition) is 0. The lowest BCUT2D eigenvalue weighted by Gasteiger charge is -2.09. The fraction of sp³-hybridized carbons (Fsp3) is 0.500. The molecule has 0 bridgehead atoms. The zero-order valence-corrected chi connectivity index (χ0v) is 7.78. The molecule has 1 fully saturated rings. The standard InChI is InChI=1S/C10H12FNO2/c11-10-2-1-9(5-12-10)14-7-8-3-4-13-6-8/h1-2,5,8H,3-4,6-7H2. The highest BCUT2D eigenvalue weighted by molar-refractivity contribution is 5.16. The maximum atomic E-state index is 12.4. The highest BCUT2D eigenvalue weighted by Gasteiger charge is 2.16. The van der Waals surface area contributed by atoms with Crippen molar-refractivity contribution < 1.29 is 13.9 Å². The molecule has 1 saturated heterocycles. The van der Waals surface area contributed by atoms with Gasteiger partial charge in [-0.1, -0.05) is 0 Å². The van der Waals surface area contributed by atoms with E-state index in [1.165, 1.54) is 12.3 Å². The van der Waals surface area contributed by atoms with Crippen LogP contribution in [0.25, 0.3) is 0 Å². The lowest BCUT2D eigenvalue weighted by atomic mass is 10.1. The van der Waals surface area contributed by atoms with Gasteiger partial charge in [0.15, 0.2) is 0 Å². The number of nitrogens with zero attached hydrogens (tertiary/aromatic N) is 1. The van der Waals surface area contributed by atoms with Crippen molar-refractivity contribution in [2.75, 3.05) is 19.8 Å². The summed E-state index contributed by atoms with van der Waals surface area (Å²) in [6.07, 6.45) is 2.43. The van der Waals surface area contributed by atoms with Gasteiger partial charge in [-0.25, -0.2) is 4.98 Å². The molecular weight excluding hydrogens is 185 g/mol. The van der Waals surface area contributed by atoms with Crippen molar-refractivity contribution in [3.63, 3.8) is 0 Å². The Morgan fingerprint density at radius 1 is 1.57 bits per heavy atom. The van der Waals surface area contributed by atoms with Gasteiger partial charge < -0.3 is 9.47 Å². The van der Waals surface area contributed by atoms with Crippen LogP contribution in [0.3, 0.4) is 0 Å². The van der Waals surface area contributed by atoms with Crippen LogP contribution in [0.2, 0.25) is 0 Å². The van der Waals surface area contributed by atoms with Crippen molar-refractivity contribution in [1.82, 2.24) is 4.98 Å². The molecule has 2 heterocycles. The molecule has 1 aromatic rings. The summed E-state index contributed by atoms with van der Waals surface area (Å²) in [5.41, 5.74) is 0. The number of hydrogen-bond acceptors (Lipinski definition) is 3. The number of pyridine rings is 1. The van der Waals surface area contributed by atoms with Gasteiger partial charge in [0.2, 0.25) is 5.95 Å². The molecule has 2 rings (SSSR count). The van der Waals surface area contributed by atoms with E-state index < -0.39 is 5.95 Å². The van der Waals surface area contributed by atoms with Gasteiger partial charge in [-0.05, 0) is 18.6 Å². The smallest absolute Gasteiger partial charge is 0.213 e. The van der Waals surface area contributed by atoms with Gasteiger partial charge in [-0.3, -0.25) is 0 Å². The third kappa shape index (κ3) is 2.42. The van der Waals surface area contributed by atoms with Crippen molar-refractivity contribution in [2.45, 2.75) is 6.42 Å². The average molecular weight is 197 g/mol. The molecular formula is C10H12FNO2. The molecule has 1 aliphatic heterocycles. The van der Waals surface area contributed by atoms with Gasteiger partial charge in [-0.15, -0.1) is 0 Å². The minimum atomic E-state index is -0.485. The van der Waals surface area contributed by atoms with Crippen LogP contribution < -0.4 is 4.74 Å². The summed E-state index contributed by atoms with van der Waals surface area (Å²) in [6, 6.07) is 2.87. The van der Waals surface area contributed by atoms with E-state index in [-0.39, 0.29) is 0 Å². The van der Waals surface area contributed by atoms with E-state index >= 15 is 0 Å². The van der Waals surface area contributed by atoms with Crippen LogP contribution in [0.5, 0.6) is 5.75 Å². The Labute approximate surface area is 81.9 Å². The van der Waals surface area contributed by atoms with E-state index in [9.17, 15) is 4.39 Å². The Kier molecular flexibility index (Phi) is 2.93. The third-order valence-electron chi connectivity index (χ3n) is 2.21. The van der Waals surface area contributed by atoms with Gasteiger partial charge in [0.25, 0.3) is 0 Å². The summed E-state index contributed by atoms with van der Waals surface area (Å²) in [4.78, 5) is 3.50. The molecule has 1 unspecified atom stereocenters. The summed E-state index contributed by atoms with van der Waals surface area (Å²) >= 11 is 0. The number of rotatable bonds is 3. The van der Waals surface area contributed by atoms with E-state index in [4.69, 9.17) is 9.47 Å². The molecule has 1 aliphatic rings. The molecule has 0 aliphatic carbocycles. The van der Waals surface area contributed by atoms with E-state index in [0.29, 0.717) is 18.3 Å². The summed E-state index contributed by atoms with van der Waals surface area (Å²) in [6.45, 7) is 2.19. The molecule has 0 N–H and O–H groups in total. The largest absolute Gasteiger partial charge is 0.492 e. The highest BCUT2D eigenvalue weighted by atomic mass is 19.1. The van der Waals surface area contributed by atoms with E-state index in [0.717, 1.165) is 19.6 Å². The Hall–Kier alpha value is -1.16. The fourth-order valence-corrected chi connectivity index (χ4v) is 1.38. The first-order chi connectivity index (χ1) is 6.84. The lowest BCUT2D eigenvalue weighted by molar-refractivity contribution is 0.167. The summed E-state index contributed by atoms with van der Waals surface area (Å²) in [7, 11) is 0. The quantitative estimate of drug-likeness (QED) is 0.690. The normalized spacial score (nSPS) is 21.1. The van der Waals surface area contributed by atoms with Gasteiger partial charge in [0, 0.05) is 12.5 Å². The topological polar surface area (TPSA) is 31.4 Å². The summed E-state index contributed by atoms with van der Waals surface area (Å²) in [5, 5.41) is 0. The molecule has 1 aromatic heterocycles. The number of aromatic nitrogens is 1. The summed E-state index contributed by atoms with van der Waals surface area (Å²) < 4.78 is 23.1. The van der Waals surface area contributed by atoms with Crippen molar-refractivity contribution in [2.24, 2.45) is 5.92 Å². The van der Waals surface area contributed by atoms with Crippen LogP contribution in [-0.2, 0) is 4.74 Å². The molecule has 0 aromatic carbocycles. The van der Waals surface area contributed by atoms with Crippen LogP contribution in [-0.4, -0.2) is 24.8 Å². The Bertz CT molecular complexity index is 283. The molecule has 76 valence electrons. The highest BCUT2D eigenvalue weighted by Crippen LogP contribution is 2.15. The molecule has 0 saturated carbocycles. The maximum Gasteiger partial charge on any atom is 0.213 e. The van der Waals surface area contributed by atoms with Crippen molar-refractivity contribution in [1.29, 1.82) is 0 Å². The van der Waals surface area contributed by atoms with Crippen LogP contribution in [0.1, 0.15) is 6.42 Å².